The molecule has 0 aromatic heterocycles. The maximum Gasteiger partial charge on any atom is 0.244 e. The Morgan fingerprint density at radius 3 is 2.27 bits per heavy atom. The van der Waals surface area contributed by atoms with Crippen molar-refractivity contribution in [2.75, 3.05) is 30.2 Å². The highest BCUT2D eigenvalue weighted by molar-refractivity contribution is 7.92. The average Bonchev–Trinajstić information content (AvgIpc) is 2.75. The average molecular weight is 494 g/mol. The van der Waals surface area contributed by atoms with Gasteiger partial charge in [0.2, 0.25) is 21.8 Å². The zero-order chi connectivity index (χ0) is 24.6. The molecule has 0 spiro atoms. The number of rotatable bonds is 11. The summed E-state index contributed by atoms with van der Waals surface area (Å²) < 4.78 is 26.0. The first kappa shape index (κ1) is 26.7. The lowest BCUT2D eigenvalue weighted by Crippen LogP contribution is -2.52. The van der Waals surface area contributed by atoms with Gasteiger partial charge in [-0.1, -0.05) is 61.8 Å². The fourth-order valence-corrected chi connectivity index (χ4v) is 4.29. The van der Waals surface area contributed by atoms with Gasteiger partial charge in [-0.3, -0.25) is 13.9 Å². The van der Waals surface area contributed by atoms with Gasteiger partial charge < -0.3 is 10.2 Å². The van der Waals surface area contributed by atoms with Crippen LogP contribution in [0.2, 0.25) is 5.02 Å². The zero-order valence-corrected chi connectivity index (χ0v) is 21.1. The van der Waals surface area contributed by atoms with Crippen molar-refractivity contribution in [2.24, 2.45) is 5.92 Å². The first-order valence-corrected chi connectivity index (χ1v) is 13.1. The number of benzene rings is 2. The third-order valence-electron chi connectivity index (χ3n) is 5.11. The Morgan fingerprint density at radius 1 is 1.03 bits per heavy atom. The number of hydrogen-bond donors (Lipinski definition) is 1. The van der Waals surface area contributed by atoms with Crippen molar-refractivity contribution in [3.63, 3.8) is 0 Å². The summed E-state index contributed by atoms with van der Waals surface area (Å²) in [5, 5.41) is 3.21. The zero-order valence-electron chi connectivity index (χ0n) is 19.5. The number of carbonyl (C=O) groups is 2. The van der Waals surface area contributed by atoms with E-state index in [-0.39, 0.29) is 18.4 Å². The van der Waals surface area contributed by atoms with Crippen LogP contribution in [0.25, 0.3) is 0 Å². The Morgan fingerprint density at radius 2 is 1.70 bits per heavy atom. The van der Waals surface area contributed by atoms with Crippen LogP contribution in [-0.4, -0.2) is 57.1 Å². The van der Waals surface area contributed by atoms with Crippen LogP contribution in [0.4, 0.5) is 5.69 Å². The monoisotopic (exact) mass is 493 g/mol. The third-order valence-corrected chi connectivity index (χ3v) is 6.49. The molecule has 33 heavy (non-hydrogen) atoms. The molecular formula is C24H32ClN3O4S. The van der Waals surface area contributed by atoms with Crippen LogP contribution in [0.15, 0.2) is 54.6 Å². The Bertz CT molecular complexity index is 1040. The second-order valence-electron chi connectivity index (χ2n) is 8.39. The maximum absolute atomic E-state index is 13.4. The highest BCUT2D eigenvalue weighted by Crippen LogP contribution is 2.22. The van der Waals surface area contributed by atoms with E-state index in [1.54, 1.807) is 25.1 Å². The smallest absolute Gasteiger partial charge is 0.244 e. The summed E-state index contributed by atoms with van der Waals surface area (Å²) in [6.07, 6.45) is 1.57. The second kappa shape index (κ2) is 12.0. The van der Waals surface area contributed by atoms with Crippen molar-refractivity contribution >= 4 is 39.1 Å². The molecule has 1 N–H and O–H groups in total. The topological polar surface area (TPSA) is 86.8 Å². The molecule has 2 amide bonds. The summed E-state index contributed by atoms with van der Waals surface area (Å²) in [5.41, 5.74) is 1.30. The molecule has 0 aliphatic heterocycles. The molecule has 0 saturated carbocycles. The van der Waals surface area contributed by atoms with E-state index in [1.807, 2.05) is 44.2 Å². The van der Waals surface area contributed by atoms with E-state index in [9.17, 15) is 18.0 Å². The Hall–Kier alpha value is -2.58. The summed E-state index contributed by atoms with van der Waals surface area (Å²) in [7, 11) is -3.77. The number of amides is 2. The van der Waals surface area contributed by atoms with E-state index in [0.717, 1.165) is 16.1 Å². The Labute approximate surface area is 201 Å². The number of halogens is 1. The Kier molecular flexibility index (Phi) is 9.73. The van der Waals surface area contributed by atoms with E-state index >= 15 is 0 Å². The van der Waals surface area contributed by atoms with Crippen LogP contribution in [0.1, 0.15) is 26.3 Å². The Balaban J connectivity index is 2.28. The fourth-order valence-electron chi connectivity index (χ4n) is 3.27. The summed E-state index contributed by atoms with van der Waals surface area (Å²) >= 11 is 6.04. The molecule has 2 aromatic carbocycles. The molecule has 0 heterocycles. The van der Waals surface area contributed by atoms with Gasteiger partial charge in [-0.05, 0) is 43.0 Å². The van der Waals surface area contributed by atoms with Gasteiger partial charge >= 0.3 is 0 Å². The summed E-state index contributed by atoms with van der Waals surface area (Å²) in [6, 6.07) is 15.2. The molecule has 180 valence electrons. The van der Waals surface area contributed by atoms with Gasteiger partial charge in [0.15, 0.2) is 0 Å². The summed E-state index contributed by atoms with van der Waals surface area (Å²) in [5.74, 6) is -0.486. The molecule has 7 nitrogen and oxygen atoms in total. The number of sulfonamides is 1. The summed E-state index contributed by atoms with van der Waals surface area (Å²) in [6.45, 7) is 5.95. The van der Waals surface area contributed by atoms with Gasteiger partial charge in [-0.2, -0.15) is 0 Å². The number of carbonyl (C=O) groups excluding carboxylic acids is 2. The van der Waals surface area contributed by atoms with Gasteiger partial charge in [0.05, 0.1) is 11.9 Å². The van der Waals surface area contributed by atoms with E-state index in [1.165, 1.54) is 11.0 Å². The van der Waals surface area contributed by atoms with Crippen molar-refractivity contribution < 1.29 is 18.0 Å². The first-order chi connectivity index (χ1) is 15.5. The minimum Gasteiger partial charge on any atom is -0.354 e. The van der Waals surface area contributed by atoms with Crippen LogP contribution in [0.5, 0.6) is 0 Å². The lowest BCUT2D eigenvalue weighted by atomic mass is 10.1. The molecule has 0 saturated heterocycles. The van der Waals surface area contributed by atoms with E-state index in [0.29, 0.717) is 23.7 Å². The van der Waals surface area contributed by atoms with Gasteiger partial charge in [-0.15, -0.1) is 0 Å². The molecule has 0 bridgehead atoms. The van der Waals surface area contributed by atoms with Gasteiger partial charge in [0.1, 0.15) is 12.6 Å². The molecule has 0 aliphatic rings. The van der Waals surface area contributed by atoms with Crippen molar-refractivity contribution in [3.05, 3.63) is 65.2 Å². The molecule has 1 atom stereocenters. The van der Waals surface area contributed by atoms with E-state index in [4.69, 9.17) is 11.6 Å². The molecule has 0 radical (unpaired) electrons. The van der Waals surface area contributed by atoms with Crippen molar-refractivity contribution in [1.82, 2.24) is 10.2 Å². The quantitative estimate of drug-likeness (QED) is 0.520. The number of anilines is 1. The molecule has 2 aromatic rings. The van der Waals surface area contributed by atoms with Crippen molar-refractivity contribution in [2.45, 2.75) is 33.2 Å². The van der Waals surface area contributed by atoms with E-state index < -0.39 is 28.5 Å². The molecule has 0 aliphatic carbocycles. The first-order valence-electron chi connectivity index (χ1n) is 10.8. The van der Waals surface area contributed by atoms with Crippen LogP contribution in [-0.2, 0) is 26.0 Å². The van der Waals surface area contributed by atoms with Crippen LogP contribution >= 0.6 is 11.6 Å². The highest BCUT2D eigenvalue weighted by Gasteiger charge is 2.29. The lowest BCUT2D eigenvalue weighted by Gasteiger charge is -2.31. The van der Waals surface area contributed by atoms with Crippen LogP contribution in [0.3, 0.4) is 0 Å². The molecular weight excluding hydrogens is 462 g/mol. The number of nitrogens with one attached hydrogen (secondary N) is 1. The minimum absolute atomic E-state index is 0.262. The lowest BCUT2D eigenvalue weighted by molar-refractivity contribution is -0.138. The van der Waals surface area contributed by atoms with Gasteiger partial charge in [0, 0.05) is 18.1 Å². The second-order valence-corrected chi connectivity index (χ2v) is 10.7. The summed E-state index contributed by atoms with van der Waals surface area (Å²) in [4.78, 5) is 27.6. The highest BCUT2D eigenvalue weighted by atomic mass is 35.5. The number of nitrogens with zero attached hydrogens (tertiary/aromatic N) is 2. The van der Waals surface area contributed by atoms with Crippen LogP contribution < -0.4 is 9.62 Å². The van der Waals surface area contributed by atoms with Gasteiger partial charge in [0.25, 0.3) is 0 Å². The minimum atomic E-state index is -3.77. The largest absolute Gasteiger partial charge is 0.354 e. The SMILES string of the molecule is CC(C)CNC(=O)[C@H](C)N(CCc1ccccc1)C(=O)CN(c1cccc(Cl)c1)S(C)(=O)=O. The molecule has 0 fully saturated rings. The standard InChI is InChI=1S/C24H32ClN3O4S/c1-18(2)16-26-24(30)19(3)27(14-13-20-9-6-5-7-10-20)23(29)17-28(33(4,31)32)22-12-8-11-21(25)15-22/h5-12,15,18-19H,13-14,16-17H2,1-4H3,(H,26,30)/t19-/m0/s1. The fraction of sp³-hybridized carbons (Fsp3) is 0.417. The van der Waals surface area contributed by atoms with Crippen molar-refractivity contribution in [1.29, 1.82) is 0 Å². The molecule has 9 heteroatoms. The predicted molar refractivity (Wildman–Crippen MR) is 133 cm³/mol. The molecule has 2 rings (SSSR count). The van der Waals surface area contributed by atoms with Crippen LogP contribution in [0, 0.1) is 5.92 Å². The van der Waals surface area contributed by atoms with Gasteiger partial charge in [-0.25, -0.2) is 8.42 Å². The van der Waals surface area contributed by atoms with E-state index in [2.05, 4.69) is 5.32 Å². The molecule has 0 unspecified atom stereocenters. The number of hydrogen-bond acceptors (Lipinski definition) is 4. The predicted octanol–water partition coefficient (Wildman–Crippen LogP) is 3.34. The normalized spacial score (nSPS) is 12.3. The van der Waals surface area contributed by atoms with Crippen molar-refractivity contribution in [3.8, 4) is 0 Å². The maximum atomic E-state index is 13.4. The third kappa shape index (κ3) is 8.37.